The summed E-state index contributed by atoms with van der Waals surface area (Å²) in [4.78, 5) is 21.3. The van der Waals surface area contributed by atoms with Crippen molar-refractivity contribution in [2.45, 2.75) is 0 Å². The fourth-order valence-electron chi connectivity index (χ4n) is 0.258. The molecule has 15 heteroatoms. The van der Waals surface area contributed by atoms with E-state index in [4.69, 9.17) is 0 Å². The van der Waals surface area contributed by atoms with Crippen LogP contribution in [0.25, 0.3) is 0 Å². The molecule has 0 aromatic rings. The summed E-state index contributed by atoms with van der Waals surface area (Å²) in [5.74, 6) is 0. The molecule has 92 valence electrons. The molecule has 0 heterocycles. The van der Waals surface area contributed by atoms with Gasteiger partial charge in [0, 0.05) is 0 Å². The Morgan fingerprint density at radius 2 is 1.12 bits per heavy atom. The van der Waals surface area contributed by atoms with Crippen LogP contribution >= 0.6 is 51.3 Å². The minimum atomic E-state index is -4.85. The Kier molecular flexibility index (Phi) is 15.0. The Balaban J connectivity index is -0.000000163. The molecule has 0 radical (unpaired) electrons. The van der Waals surface area contributed by atoms with E-state index in [0.29, 0.717) is 0 Å². The van der Waals surface area contributed by atoms with E-state index in [0.717, 1.165) is 0 Å². The molecule has 0 spiro atoms. The molecule has 0 aliphatic heterocycles. The number of thiol groups is 4. The Hall–Kier alpha value is 1.89. The first-order valence-corrected chi connectivity index (χ1v) is 5.66. The van der Waals surface area contributed by atoms with Crippen LogP contribution in [0.15, 0.2) is 0 Å². The summed E-state index contributed by atoms with van der Waals surface area (Å²) in [5.41, 5.74) is 0. The number of amides is 2. The molecule has 0 atom stereocenters. The average molecular weight is 360 g/mol. The van der Waals surface area contributed by atoms with Crippen LogP contribution in [-0.2, 0) is 18.8 Å². The molecule has 0 saturated heterocycles. The second-order valence-corrected chi connectivity index (χ2v) is 5.07. The zero-order valence-electron chi connectivity index (χ0n) is 10.5. The van der Waals surface area contributed by atoms with Crippen molar-refractivity contribution in [2.75, 3.05) is 0 Å². The molecule has 0 aliphatic carbocycles. The van der Waals surface area contributed by atoms with Crippen molar-refractivity contribution in [3.05, 3.63) is 0 Å². The molecule has 0 bridgehead atoms. The van der Waals surface area contributed by atoms with Gasteiger partial charge in [0.2, 0.25) is 0 Å². The normalized spacial score (nSPS) is 9.18. The maximum Gasteiger partial charge on any atom is 1.00 e. The average Bonchev–Trinajstić information content (AvgIpc) is 2.01. The molecule has 0 rings (SSSR count). The van der Waals surface area contributed by atoms with Gasteiger partial charge in [0.1, 0.15) is 0 Å². The molecule has 0 saturated carbocycles. The molecule has 0 fully saturated rings. The Morgan fingerprint density at radius 3 is 1.29 bits per heavy atom. The van der Waals surface area contributed by atoms with E-state index in [1.807, 2.05) is 0 Å². The monoisotopic (exact) mass is 360 g/mol. The minimum absolute atomic E-state index is 0. The zero-order chi connectivity index (χ0) is 12.2. The summed E-state index contributed by atoms with van der Waals surface area (Å²) in [6.45, 7) is 0. The van der Waals surface area contributed by atoms with Gasteiger partial charge in [0.05, 0.1) is 0 Å². The minimum Gasteiger partial charge on any atom is -1.00 e. The number of hydrogen-bond acceptors (Lipinski definition) is 10. The fraction of sp³-hybridized carbons (Fsp3) is 0. The smallest absolute Gasteiger partial charge is 1.00 e. The first-order chi connectivity index (χ1) is 6.65. The van der Waals surface area contributed by atoms with Gasteiger partial charge in [0.25, 0.3) is 0 Å². The number of rotatable bonds is 2. The van der Waals surface area contributed by atoms with Gasteiger partial charge < -0.3 is 2.85 Å². The van der Waals surface area contributed by atoms with Gasteiger partial charge in [-0.3, -0.25) is 8.37 Å². The summed E-state index contributed by atoms with van der Waals surface area (Å²) in [5, 5.41) is 0. The molecule has 0 aromatic carbocycles. The molecular weight excluding hydrogens is 354 g/mol. The standard InChI is InChI=1S/C2H4N2O6S5.2Na.2H/c5-1(3(11)12)9-15(7,8)10-2(6)4(13)14;;;;/h11-14H;;;;/q;2*+1;2*-1. The van der Waals surface area contributed by atoms with Crippen molar-refractivity contribution in [3.8, 4) is 0 Å². The number of carbonyl (C=O) groups is 2. The van der Waals surface area contributed by atoms with Gasteiger partial charge in [-0.05, 0) is 51.3 Å². The third kappa shape index (κ3) is 11.4. The second kappa shape index (κ2) is 10.7. The van der Waals surface area contributed by atoms with Gasteiger partial charge in [-0.1, -0.05) is 0 Å². The van der Waals surface area contributed by atoms with E-state index >= 15 is 0 Å². The summed E-state index contributed by atoms with van der Waals surface area (Å²) in [6.07, 6.45) is -2.95. The summed E-state index contributed by atoms with van der Waals surface area (Å²) in [6, 6.07) is 0. The van der Waals surface area contributed by atoms with Crippen LogP contribution in [0.3, 0.4) is 0 Å². The van der Waals surface area contributed by atoms with E-state index in [-0.39, 0.29) is 69.4 Å². The van der Waals surface area contributed by atoms with Crippen LogP contribution in [0.5, 0.6) is 0 Å². The third-order valence-electron chi connectivity index (χ3n) is 0.673. The molecule has 8 nitrogen and oxygen atoms in total. The largest absolute Gasteiger partial charge is 1.00 e. The first-order valence-electron chi connectivity index (χ1n) is 2.73. The van der Waals surface area contributed by atoms with Gasteiger partial charge in [-0.25, -0.2) is 9.59 Å². The van der Waals surface area contributed by atoms with Crippen LogP contribution in [-0.4, -0.2) is 28.0 Å². The summed E-state index contributed by atoms with van der Waals surface area (Å²) in [7, 11) is -4.85. The Labute approximate surface area is 167 Å². The van der Waals surface area contributed by atoms with Crippen molar-refractivity contribution in [1.29, 1.82) is 0 Å². The maximum atomic E-state index is 10.8. The van der Waals surface area contributed by atoms with Crippen molar-refractivity contribution in [1.82, 2.24) is 7.42 Å². The molecule has 2 amide bonds. The third-order valence-corrected chi connectivity index (χ3v) is 2.02. The van der Waals surface area contributed by atoms with E-state index in [1.54, 1.807) is 0 Å². The quantitative estimate of drug-likeness (QED) is 0.291. The summed E-state index contributed by atoms with van der Waals surface area (Å²) >= 11 is 13.3. The molecule has 0 aliphatic rings. The SMILES string of the molecule is O=C(OS(=O)(=O)OC(=O)N(S)S)N(S)S.[H-].[H-].[Na+].[Na+]. The number of hydrogen-bond donors (Lipinski definition) is 4. The van der Waals surface area contributed by atoms with E-state index in [1.165, 1.54) is 0 Å². The molecule has 0 aromatic heterocycles. The zero-order valence-corrected chi connectivity index (χ0v) is 16.9. The second-order valence-electron chi connectivity index (χ2n) is 1.69. The van der Waals surface area contributed by atoms with Crippen molar-refractivity contribution >= 4 is 73.8 Å². The molecule has 0 unspecified atom stereocenters. The van der Waals surface area contributed by atoms with E-state index in [9.17, 15) is 18.0 Å². The first kappa shape index (κ1) is 23.9. The Bertz CT molecular complexity index is 339. The van der Waals surface area contributed by atoms with Crippen LogP contribution < -0.4 is 59.1 Å². The van der Waals surface area contributed by atoms with Gasteiger partial charge in [-0.15, -0.1) is 8.42 Å². The van der Waals surface area contributed by atoms with E-state index < -0.39 is 22.6 Å². The van der Waals surface area contributed by atoms with Crippen molar-refractivity contribution in [2.24, 2.45) is 0 Å². The molecule has 17 heavy (non-hydrogen) atoms. The van der Waals surface area contributed by atoms with E-state index in [2.05, 4.69) is 59.6 Å². The van der Waals surface area contributed by atoms with Crippen LogP contribution in [0.1, 0.15) is 2.85 Å². The predicted molar refractivity (Wildman–Crippen MR) is 63.7 cm³/mol. The van der Waals surface area contributed by atoms with Crippen LogP contribution in [0.4, 0.5) is 9.59 Å². The number of carbonyl (C=O) groups excluding carboxylic acids is 2. The van der Waals surface area contributed by atoms with Gasteiger partial charge in [0.15, 0.2) is 0 Å². The predicted octanol–water partition coefficient (Wildman–Crippen LogP) is -5.28. The summed E-state index contributed by atoms with van der Waals surface area (Å²) < 4.78 is 29.4. The topological polar surface area (TPSA) is 93.2 Å². The number of nitrogens with zero attached hydrogens (tertiary/aromatic N) is 2. The molecule has 0 N–H and O–H groups in total. The van der Waals surface area contributed by atoms with Crippen LogP contribution in [0, 0.1) is 0 Å². The van der Waals surface area contributed by atoms with Gasteiger partial charge in [-0.2, -0.15) is 7.42 Å². The molecular formula is C2H6N2Na2O6S5. The Morgan fingerprint density at radius 1 is 0.882 bits per heavy atom. The fourth-order valence-corrected chi connectivity index (χ4v) is 1.17. The van der Waals surface area contributed by atoms with Crippen LogP contribution in [0.2, 0.25) is 0 Å². The van der Waals surface area contributed by atoms with Gasteiger partial charge >= 0.3 is 81.7 Å². The van der Waals surface area contributed by atoms with Crippen molar-refractivity contribution < 1.29 is 88.3 Å². The van der Waals surface area contributed by atoms with Crippen molar-refractivity contribution in [3.63, 3.8) is 0 Å². The maximum absolute atomic E-state index is 10.8.